The van der Waals surface area contributed by atoms with Crippen LogP contribution in [0.25, 0.3) is 0 Å². The van der Waals surface area contributed by atoms with Crippen LogP contribution in [-0.4, -0.2) is 114 Å². The van der Waals surface area contributed by atoms with Gasteiger partial charge < -0.3 is 29.2 Å². The number of likely N-dealkylation sites (tertiary alicyclic amines) is 1. The highest BCUT2D eigenvalue weighted by Crippen LogP contribution is 2.31. The first-order valence-corrected chi connectivity index (χ1v) is 10.9. The number of alkyl halides is 6. The number of carbonyl (C=O) groups excluding carboxylic acids is 1. The molecule has 0 saturated carbocycles. The molecule has 3 heterocycles. The van der Waals surface area contributed by atoms with Gasteiger partial charge in [0.1, 0.15) is 6.61 Å². The molecule has 2 N–H and O–H groups in total. The highest BCUT2D eigenvalue weighted by atomic mass is 19.4. The van der Waals surface area contributed by atoms with Crippen LogP contribution in [0.5, 0.6) is 0 Å². The normalized spacial score (nSPS) is 18.1. The quantitative estimate of drug-likeness (QED) is 0.533. The largest absolute Gasteiger partial charge is 0.490 e. The van der Waals surface area contributed by atoms with Crippen molar-refractivity contribution in [1.29, 1.82) is 0 Å². The van der Waals surface area contributed by atoms with Gasteiger partial charge in [-0.1, -0.05) is 0 Å². The number of nitrogens with zero attached hydrogens (tertiary/aromatic N) is 3. The molecule has 1 amide bonds. The zero-order chi connectivity index (χ0) is 28.4. The second kappa shape index (κ2) is 13.6. The molecule has 0 atom stereocenters. The van der Waals surface area contributed by atoms with Gasteiger partial charge in [0.05, 0.1) is 18.1 Å². The summed E-state index contributed by atoms with van der Waals surface area (Å²) in [5.41, 5.74) is 1.07. The fourth-order valence-electron chi connectivity index (χ4n) is 3.37. The molecule has 3 rings (SSSR count). The molecule has 2 saturated heterocycles. The van der Waals surface area contributed by atoms with Gasteiger partial charge in [0.2, 0.25) is 5.91 Å². The maximum Gasteiger partial charge on any atom is 0.490 e. The Labute approximate surface area is 208 Å². The summed E-state index contributed by atoms with van der Waals surface area (Å²) in [4.78, 5) is 36.4. The molecule has 10 nitrogen and oxygen atoms in total. The summed E-state index contributed by atoms with van der Waals surface area (Å²) in [5.74, 6) is -5.39. The molecule has 0 aromatic carbocycles. The summed E-state index contributed by atoms with van der Waals surface area (Å²) in [7, 11) is 4.07. The molecule has 2 fully saturated rings. The summed E-state index contributed by atoms with van der Waals surface area (Å²) < 4.78 is 74.6. The first kappa shape index (κ1) is 32.2. The number of rotatable bonds is 5. The second-order valence-corrected chi connectivity index (χ2v) is 8.60. The number of carboxylic acids is 2. The van der Waals surface area contributed by atoms with Crippen LogP contribution in [0, 0.1) is 0 Å². The number of furan rings is 1. The Hall–Kier alpha value is -2.85. The van der Waals surface area contributed by atoms with Crippen molar-refractivity contribution in [3.8, 4) is 0 Å². The molecule has 0 radical (unpaired) electrons. The standard InChI is InChI=1S/C17H27N3O3.2C2HF3O2/c1-18(2)8-9-20-14-17(23-13-16(20)21)4-6-19(7-5-17)11-15-3-10-22-12-15;2*3-2(4,5)1(6)7/h3,10,12H,4-9,11,13-14H2,1-2H3;2*(H,6,7). The second-order valence-electron chi connectivity index (χ2n) is 8.60. The fourth-order valence-corrected chi connectivity index (χ4v) is 3.37. The average Bonchev–Trinajstić information content (AvgIpc) is 3.29. The van der Waals surface area contributed by atoms with Gasteiger partial charge in [-0.15, -0.1) is 0 Å². The highest BCUT2D eigenvalue weighted by molar-refractivity contribution is 5.78. The highest BCUT2D eigenvalue weighted by Gasteiger charge is 2.42. The first-order valence-electron chi connectivity index (χ1n) is 10.9. The Morgan fingerprint density at radius 3 is 1.97 bits per heavy atom. The zero-order valence-corrected chi connectivity index (χ0v) is 20.1. The predicted octanol–water partition coefficient (Wildman–Crippen LogP) is 2.30. The molecule has 2 aliphatic heterocycles. The Morgan fingerprint density at radius 1 is 1.05 bits per heavy atom. The molecule has 0 bridgehead atoms. The molecule has 37 heavy (non-hydrogen) atoms. The van der Waals surface area contributed by atoms with Gasteiger partial charge in [-0.05, 0) is 33.0 Å². The van der Waals surface area contributed by atoms with E-state index >= 15 is 0 Å². The Bertz CT molecular complexity index is 843. The van der Waals surface area contributed by atoms with Crippen molar-refractivity contribution < 1.29 is 60.1 Å². The van der Waals surface area contributed by atoms with Crippen molar-refractivity contribution in [2.75, 3.05) is 53.4 Å². The fraction of sp³-hybridized carbons (Fsp3) is 0.667. The number of likely N-dealkylation sites (N-methyl/N-ethyl adjacent to an activating group) is 1. The van der Waals surface area contributed by atoms with E-state index in [1.165, 1.54) is 5.56 Å². The monoisotopic (exact) mass is 549 g/mol. The van der Waals surface area contributed by atoms with E-state index in [0.717, 1.165) is 52.1 Å². The van der Waals surface area contributed by atoms with Crippen LogP contribution < -0.4 is 0 Å². The minimum atomic E-state index is -5.08. The topological polar surface area (TPSA) is 124 Å². The van der Waals surface area contributed by atoms with Crippen LogP contribution in [0.4, 0.5) is 26.3 Å². The summed E-state index contributed by atoms with van der Waals surface area (Å²) in [6.45, 7) is 5.58. The first-order chi connectivity index (χ1) is 16.9. The summed E-state index contributed by atoms with van der Waals surface area (Å²) >= 11 is 0. The summed E-state index contributed by atoms with van der Waals surface area (Å²) in [6.07, 6.45) is -4.67. The molecule has 16 heteroatoms. The van der Waals surface area contributed by atoms with Gasteiger partial charge in [0.25, 0.3) is 0 Å². The van der Waals surface area contributed by atoms with E-state index < -0.39 is 24.3 Å². The van der Waals surface area contributed by atoms with Crippen LogP contribution in [0.3, 0.4) is 0 Å². The Kier molecular flexibility index (Phi) is 11.8. The lowest BCUT2D eigenvalue weighted by Crippen LogP contribution is -2.59. The van der Waals surface area contributed by atoms with Crippen molar-refractivity contribution >= 4 is 17.8 Å². The minimum Gasteiger partial charge on any atom is -0.475 e. The maximum absolute atomic E-state index is 12.1. The zero-order valence-electron chi connectivity index (χ0n) is 20.1. The van der Waals surface area contributed by atoms with Gasteiger partial charge in [-0.25, -0.2) is 9.59 Å². The Balaban J connectivity index is 0.000000404. The van der Waals surface area contributed by atoms with E-state index in [2.05, 4.69) is 9.80 Å². The molecular weight excluding hydrogens is 520 g/mol. The van der Waals surface area contributed by atoms with E-state index in [1.807, 2.05) is 31.3 Å². The maximum atomic E-state index is 12.1. The van der Waals surface area contributed by atoms with Crippen LogP contribution in [-0.2, 0) is 25.7 Å². The molecular formula is C21H29F6N3O7. The van der Waals surface area contributed by atoms with Gasteiger partial charge in [0, 0.05) is 44.8 Å². The number of carboxylic acid groups (broad SMARTS) is 2. The van der Waals surface area contributed by atoms with Crippen LogP contribution >= 0.6 is 0 Å². The van der Waals surface area contributed by atoms with E-state index in [9.17, 15) is 31.1 Å². The van der Waals surface area contributed by atoms with E-state index in [1.54, 1.807) is 6.26 Å². The molecule has 0 unspecified atom stereocenters. The lowest BCUT2D eigenvalue weighted by Gasteiger charge is -2.47. The van der Waals surface area contributed by atoms with Gasteiger partial charge in [-0.2, -0.15) is 26.3 Å². The van der Waals surface area contributed by atoms with Crippen molar-refractivity contribution in [3.63, 3.8) is 0 Å². The Morgan fingerprint density at radius 2 is 1.57 bits per heavy atom. The molecule has 1 spiro atoms. The van der Waals surface area contributed by atoms with Crippen molar-refractivity contribution in [3.05, 3.63) is 24.2 Å². The van der Waals surface area contributed by atoms with E-state index in [-0.39, 0.29) is 18.1 Å². The number of hydrogen-bond donors (Lipinski definition) is 2. The van der Waals surface area contributed by atoms with Crippen LogP contribution in [0.15, 0.2) is 23.0 Å². The SMILES string of the molecule is CN(C)CCN1CC2(CCN(Cc3ccoc3)CC2)OCC1=O.O=C(O)C(F)(F)F.O=C(O)C(F)(F)F. The number of amides is 1. The lowest BCUT2D eigenvalue weighted by molar-refractivity contribution is -0.193. The number of aliphatic carboxylic acids is 2. The molecule has 2 aliphatic rings. The summed E-state index contributed by atoms with van der Waals surface area (Å²) in [6, 6.07) is 2.02. The molecule has 212 valence electrons. The smallest absolute Gasteiger partial charge is 0.475 e. The third kappa shape index (κ3) is 11.8. The predicted molar refractivity (Wildman–Crippen MR) is 114 cm³/mol. The van der Waals surface area contributed by atoms with Gasteiger partial charge in [0.15, 0.2) is 0 Å². The number of ether oxygens (including phenoxy) is 1. The van der Waals surface area contributed by atoms with Crippen molar-refractivity contribution in [2.45, 2.75) is 37.3 Å². The molecule has 1 aromatic heterocycles. The number of piperidine rings is 1. The molecule has 1 aromatic rings. The lowest BCUT2D eigenvalue weighted by atomic mass is 9.89. The summed E-state index contributed by atoms with van der Waals surface area (Å²) in [5, 5.41) is 14.2. The number of carbonyl (C=O) groups is 3. The van der Waals surface area contributed by atoms with E-state index in [0.29, 0.717) is 0 Å². The minimum absolute atomic E-state index is 0.123. The van der Waals surface area contributed by atoms with Crippen molar-refractivity contribution in [1.82, 2.24) is 14.7 Å². The van der Waals surface area contributed by atoms with Gasteiger partial charge in [-0.3, -0.25) is 9.69 Å². The number of halogens is 6. The van der Waals surface area contributed by atoms with E-state index in [4.69, 9.17) is 29.0 Å². The third-order valence-electron chi connectivity index (χ3n) is 5.39. The number of morpholine rings is 1. The van der Waals surface area contributed by atoms with Crippen LogP contribution in [0.2, 0.25) is 0 Å². The average molecular weight is 549 g/mol. The number of hydrogen-bond acceptors (Lipinski definition) is 7. The van der Waals surface area contributed by atoms with Crippen molar-refractivity contribution in [2.24, 2.45) is 0 Å². The van der Waals surface area contributed by atoms with Gasteiger partial charge >= 0.3 is 24.3 Å². The van der Waals surface area contributed by atoms with Crippen LogP contribution in [0.1, 0.15) is 18.4 Å². The molecule has 0 aliphatic carbocycles. The third-order valence-corrected chi connectivity index (χ3v) is 5.39.